The summed E-state index contributed by atoms with van der Waals surface area (Å²) in [7, 11) is 1.69. The number of hydrogen-bond acceptors (Lipinski definition) is 2. The average molecular weight is 318 g/mol. The van der Waals surface area contributed by atoms with E-state index in [2.05, 4.69) is 50.2 Å². The highest BCUT2D eigenvalue weighted by atomic mass is 16.5. The molecule has 0 aliphatic rings. The summed E-state index contributed by atoms with van der Waals surface area (Å²) in [5.41, 5.74) is 4.33. The molecule has 1 atom stereocenters. The van der Waals surface area contributed by atoms with Crippen molar-refractivity contribution in [3.05, 3.63) is 95.1 Å². The number of rotatable bonds is 4. The zero-order valence-corrected chi connectivity index (χ0v) is 14.3. The summed E-state index contributed by atoms with van der Waals surface area (Å²) < 4.78 is 5.41. The lowest BCUT2D eigenvalue weighted by Crippen LogP contribution is -2.25. The van der Waals surface area contributed by atoms with Crippen molar-refractivity contribution in [2.45, 2.75) is 19.3 Å². The summed E-state index contributed by atoms with van der Waals surface area (Å²) in [5, 5.41) is 9.66. The molecule has 0 fully saturated rings. The van der Waals surface area contributed by atoms with Gasteiger partial charge >= 0.3 is 0 Å². The Morgan fingerprint density at radius 3 is 1.96 bits per heavy atom. The van der Waals surface area contributed by atoms with Crippen LogP contribution in [0.5, 0.6) is 11.5 Å². The summed E-state index contributed by atoms with van der Waals surface area (Å²) in [5.74, 6) is 1.17. The van der Waals surface area contributed by atoms with Gasteiger partial charge in [-0.25, -0.2) is 0 Å². The van der Waals surface area contributed by atoms with E-state index in [0.29, 0.717) is 0 Å². The molecule has 0 saturated carbocycles. The van der Waals surface area contributed by atoms with Crippen LogP contribution >= 0.6 is 0 Å². The predicted octanol–water partition coefficient (Wildman–Crippen LogP) is 5.06. The van der Waals surface area contributed by atoms with Crippen LogP contribution < -0.4 is 4.74 Å². The lowest BCUT2D eigenvalue weighted by molar-refractivity contribution is 0.411. The minimum atomic E-state index is -0.314. The van der Waals surface area contributed by atoms with Gasteiger partial charge in [-0.3, -0.25) is 0 Å². The van der Waals surface area contributed by atoms with Gasteiger partial charge in [0.1, 0.15) is 11.5 Å². The largest absolute Gasteiger partial charge is 0.508 e. The van der Waals surface area contributed by atoms with Crippen LogP contribution in [0.1, 0.15) is 29.2 Å². The molecule has 3 rings (SSSR count). The standard InChI is InChI=1S/C22H22O2/c1-16-15-19(11-14-21(16)24-3)22(2,17-7-5-4-6-8-17)18-9-12-20(23)13-10-18/h4-15,23H,1-3H3. The Labute approximate surface area is 143 Å². The Morgan fingerprint density at radius 1 is 0.792 bits per heavy atom. The Morgan fingerprint density at radius 2 is 1.38 bits per heavy atom. The molecule has 0 heterocycles. The lowest BCUT2D eigenvalue weighted by atomic mass is 9.71. The quantitative estimate of drug-likeness (QED) is 0.681. The number of benzene rings is 3. The molecular formula is C22H22O2. The van der Waals surface area contributed by atoms with Crippen LogP contribution in [-0.2, 0) is 5.41 Å². The highest BCUT2D eigenvalue weighted by molar-refractivity contribution is 5.52. The van der Waals surface area contributed by atoms with Crippen molar-refractivity contribution in [2.75, 3.05) is 7.11 Å². The van der Waals surface area contributed by atoms with E-state index in [-0.39, 0.29) is 11.2 Å². The second kappa shape index (κ2) is 6.40. The fourth-order valence-electron chi connectivity index (χ4n) is 3.26. The van der Waals surface area contributed by atoms with E-state index in [1.807, 2.05) is 24.3 Å². The minimum Gasteiger partial charge on any atom is -0.508 e. The van der Waals surface area contributed by atoms with Gasteiger partial charge in [-0.2, -0.15) is 0 Å². The van der Waals surface area contributed by atoms with Crippen molar-refractivity contribution in [1.29, 1.82) is 0 Å². The minimum absolute atomic E-state index is 0.278. The van der Waals surface area contributed by atoms with Crippen molar-refractivity contribution in [2.24, 2.45) is 0 Å². The maximum absolute atomic E-state index is 9.66. The molecule has 0 aliphatic carbocycles. The zero-order valence-electron chi connectivity index (χ0n) is 14.3. The Hall–Kier alpha value is -2.74. The van der Waals surface area contributed by atoms with Crippen LogP contribution in [0.25, 0.3) is 0 Å². The number of aromatic hydroxyl groups is 1. The van der Waals surface area contributed by atoms with Gasteiger partial charge in [0.2, 0.25) is 0 Å². The van der Waals surface area contributed by atoms with Crippen molar-refractivity contribution in [3.8, 4) is 11.5 Å². The molecule has 0 radical (unpaired) electrons. The molecule has 0 bridgehead atoms. The van der Waals surface area contributed by atoms with Gasteiger partial charge in [0.05, 0.1) is 7.11 Å². The van der Waals surface area contributed by atoms with Crippen molar-refractivity contribution in [3.63, 3.8) is 0 Å². The molecule has 2 heteroatoms. The van der Waals surface area contributed by atoms with Crippen LogP contribution in [0.4, 0.5) is 0 Å². The Kier molecular flexibility index (Phi) is 4.30. The van der Waals surface area contributed by atoms with Gasteiger partial charge < -0.3 is 9.84 Å². The molecule has 0 aromatic heterocycles. The van der Waals surface area contributed by atoms with Gasteiger partial charge in [0.15, 0.2) is 0 Å². The monoisotopic (exact) mass is 318 g/mol. The second-order valence-corrected chi connectivity index (χ2v) is 6.22. The molecule has 3 aromatic carbocycles. The second-order valence-electron chi connectivity index (χ2n) is 6.22. The Balaban J connectivity index is 2.23. The number of ether oxygens (including phenoxy) is 1. The Bertz CT molecular complexity index is 822. The van der Waals surface area contributed by atoms with Crippen LogP contribution in [0, 0.1) is 6.92 Å². The van der Waals surface area contributed by atoms with Crippen LogP contribution in [0.3, 0.4) is 0 Å². The molecule has 0 saturated heterocycles. The summed E-state index contributed by atoms with van der Waals surface area (Å²) in [4.78, 5) is 0. The van der Waals surface area contributed by atoms with E-state index in [0.717, 1.165) is 16.9 Å². The highest BCUT2D eigenvalue weighted by Crippen LogP contribution is 2.40. The summed E-state index contributed by atoms with van der Waals surface area (Å²) >= 11 is 0. The molecular weight excluding hydrogens is 296 g/mol. The van der Waals surface area contributed by atoms with Crippen molar-refractivity contribution < 1.29 is 9.84 Å². The van der Waals surface area contributed by atoms with Crippen molar-refractivity contribution in [1.82, 2.24) is 0 Å². The van der Waals surface area contributed by atoms with E-state index in [1.54, 1.807) is 19.2 Å². The third kappa shape index (κ3) is 2.76. The number of phenols is 1. The molecule has 122 valence electrons. The highest BCUT2D eigenvalue weighted by Gasteiger charge is 2.31. The first-order chi connectivity index (χ1) is 11.6. The maximum Gasteiger partial charge on any atom is 0.121 e. The van der Waals surface area contributed by atoms with Gasteiger partial charge in [0.25, 0.3) is 0 Å². The third-order valence-electron chi connectivity index (χ3n) is 4.77. The number of phenolic OH excluding ortho intramolecular Hbond substituents is 1. The van der Waals surface area contributed by atoms with Crippen LogP contribution in [0.2, 0.25) is 0 Å². The van der Waals surface area contributed by atoms with E-state index < -0.39 is 0 Å². The predicted molar refractivity (Wildman–Crippen MR) is 97.8 cm³/mol. The molecule has 3 aromatic rings. The molecule has 1 N–H and O–H groups in total. The first-order valence-electron chi connectivity index (χ1n) is 8.06. The topological polar surface area (TPSA) is 29.5 Å². The molecule has 24 heavy (non-hydrogen) atoms. The molecule has 0 spiro atoms. The van der Waals surface area contributed by atoms with Gasteiger partial charge in [-0.1, -0.05) is 54.6 Å². The molecule has 0 amide bonds. The van der Waals surface area contributed by atoms with Gasteiger partial charge in [0, 0.05) is 5.41 Å². The third-order valence-corrected chi connectivity index (χ3v) is 4.77. The fraction of sp³-hybridized carbons (Fsp3) is 0.182. The average Bonchev–Trinajstić information content (AvgIpc) is 2.62. The van der Waals surface area contributed by atoms with Crippen molar-refractivity contribution >= 4 is 0 Å². The fourth-order valence-corrected chi connectivity index (χ4v) is 3.26. The molecule has 1 unspecified atom stereocenters. The number of hydrogen-bond donors (Lipinski definition) is 1. The summed E-state index contributed by atoms with van der Waals surface area (Å²) in [6.07, 6.45) is 0. The maximum atomic E-state index is 9.66. The smallest absolute Gasteiger partial charge is 0.121 e. The number of aryl methyl sites for hydroxylation is 1. The SMILES string of the molecule is COc1ccc(C(C)(c2ccccc2)c2ccc(O)cc2)cc1C. The van der Waals surface area contributed by atoms with E-state index >= 15 is 0 Å². The lowest BCUT2D eigenvalue weighted by Gasteiger charge is -2.32. The van der Waals surface area contributed by atoms with Crippen LogP contribution in [-0.4, -0.2) is 12.2 Å². The summed E-state index contributed by atoms with van der Waals surface area (Å²) in [6, 6.07) is 24.2. The van der Waals surface area contributed by atoms with Gasteiger partial charge in [-0.15, -0.1) is 0 Å². The number of methoxy groups -OCH3 is 1. The first kappa shape index (κ1) is 16.1. The first-order valence-corrected chi connectivity index (χ1v) is 8.06. The van der Waals surface area contributed by atoms with Gasteiger partial charge in [-0.05, 0) is 54.3 Å². The zero-order chi connectivity index (χ0) is 17.2. The van der Waals surface area contributed by atoms with E-state index in [1.165, 1.54) is 11.1 Å². The molecule has 2 nitrogen and oxygen atoms in total. The van der Waals surface area contributed by atoms with Crippen LogP contribution in [0.15, 0.2) is 72.8 Å². The summed E-state index contributed by atoms with van der Waals surface area (Å²) in [6.45, 7) is 4.28. The van der Waals surface area contributed by atoms with E-state index in [9.17, 15) is 5.11 Å². The normalized spacial score (nSPS) is 13.3. The molecule has 0 aliphatic heterocycles. The van der Waals surface area contributed by atoms with E-state index in [4.69, 9.17) is 4.74 Å².